The molecule has 0 aliphatic carbocycles. The Morgan fingerprint density at radius 2 is 1.87 bits per heavy atom. The number of aryl methyl sites for hydroxylation is 2. The van der Waals surface area contributed by atoms with Crippen LogP contribution in [0.4, 0.5) is 4.39 Å². The highest BCUT2D eigenvalue weighted by Crippen LogP contribution is 2.25. The first-order valence-electron chi connectivity index (χ1n) is 9.49. The van der Waals surface area contributed by atoms with Gasteiger partial charge in [0.2, 0.25) is 0 Å². The average Bonchev–Trinajstić information content (AvgIpc) is 3.21. The van der Waals surface area contributed by atoms with Crippen LogP contribution in [0.15, 0.2) is 67.0 Å². The molecule has 2 heterocycles. The highest BCUT2D eigenvalue weighted by atomic mass is 19.1. The Bertz CT molecular complexity index is 1190. The van der Waals surface area contributed by atoms with Crippen molar-refractivity contribution in [3.63, 3.8) is 0 Å². The largest absolute Gasteiger partial charge is 0.346 e. The summed E-state index contributed by atoms with van der Waals surface area (Å²) < 4.78 is 14.7. The minimum atomic E-state index is -0.367. The lowest BCUT2D eigenvalue weighted by Gasteiger charge is -2.10. The van der Waals surface area contributed by atoms with Crippen molar-refractivity contribution in [2.24, 2.45) is 0 Å². The summed E-state index contributed by atoms with van der Waals surface area (Å²) in [6, 6.07) is 15.6. The zero-order valence-corrected chi connectivity index (χ0v) is 16.6. The molecule has 0 aliphatic heterocycles. The Morgan fingerprint density at radius 1 is 1.07 bits per heavy atom. The van der Waals surface area contributed by atoms with Gasteiger partial charge in [-0.3, -0.25) is 9.78 Å². The molecule has 1 amide bonds. The van der Waals surface area contributed by atoms with Crippen LogP contribution in [0.2, 0.25) is 0 Å². The van der Waals surface area contributed by atoms with Crippen molar-refractivity contribution in [1.82, 2.24) is 25.3 Å². The number of nitrogens with one attached hydrogen (secondary N) is 1. The minimum absolute atomic E-state index is 0.198. The topological polar surface area (TPSA) is 72.7 Å². The fourth-order valence-corrected chi connectivity index (χ4v) is 3.10. The second kappa shape index (κ2) is 8.24. The summed E-state index contributed by atoms with van der Waals surface area (Å²) >= 11 is 0. The molecule has 6 nitrogen and oxygen atoms in total. The van der Waals surface area contributed by atoms with Gasteiger partial charge < -0.3 is 5.32 Å². The third-order valence-electron chi connectivity index (χ3n) is 4.92. The number of hydrogen-bond donors (Lipinski definition) is 1. The zero-order chi connectivity index (χ0) is 21.1. The molecule has 2 aromatic carbocycles. The maximum Gasteiger partial charge on any atom is 0.274 e. The summed E-state index contributed by atoms with van der Waals surface area (Å²) in [5, 5.41) is 11.2. The molecule has 30 heavy (non-hydrogen) atoms. The second-order valence-corrected chi connectivity index (χ2v) is 7.02. The number of nitrogens with zero attached hydrogens (tertiary/aromatic N) is 4. The highest BCUT2D eigenvalue weighted by molar-refractivity contribution is 5.98. The van der Waals surface area contributed by atoms with Crippen molar-refractivity contribution in [2.45, 2.75) is 20.4 Å². The van der Waals surface area contributed by atoms with Gasteiger partial charge in [-0.15, -0.1) is 5.10 Å². The van der Waals surface area contributed by atoms with Gasteiger partial charge in [0.1, 0.15) is 11.5 Å². The Morgan fingerprint density at radius 3 is 2.57 bits per heavy atom. The number of benzene rings is 2. The van der Waals surface area contributed by atoms with E-state index in [-0.39, 0.29) is 24.0 Å². The summed E-state index contributed by atoms with van der Waals surface area (Å²) in [5.74, 6) is -0.687. The van der Waals surface area contributed by atoms with E-state index in [0.717, 1.165) is 22.4 Å². The molecule has 0 aliphatic rings. The lowest BCUT2D eigenvalue weighted by molar-refractivity contribution is 0.0946. The molecule has 0 radical (unpaired) electrons. The van der Waals surface area contributed by atoms with Gasteiger partial charge in [0, 0.05) is 24.5 Å². The van der Waals surface area contributed by atoms with Crippen molar-refractivity contribution < 1.29 is 9.18 Å². The number of halogens is 1. The molecule has 7 heteroatoms. The Balaban J connectivity index is 1.70. The van der Waals surface area contributed by atoms with Crippen LogP contribution in [0.3, 0.4) is 0 Å². The molecule has 4 aromatic rings. The highest BCUT2D eigenvalue weighted by Gasteiger charge is 2.22. The fraction of sp³-hybridized carbons (Fsp3) is 0.130. The third-order valence-corrected chi connectivity index (χ3v) is 4.92. The van der Waals surface area contributed by atoms with E-state index in [9.17, 15) is 9.18 Å². The predicted molar refractivity (Wildman–Crippen MR) is 112 cm³/mol. The van der Waals surface area contributed by atoms with E-state index in [2.05, 4.69) is 20.6 Å². The fourth-order valence-electron chi connectivity index (χ4n) is 3.10. The maximum absolute atomic E-state index is 13.1. The van der Waals surface area contributed by atoms with Crippen LogP contribution in [-0.4, -0.2) is 25.9 Å². The molecular formula is C23H20FN5O. The molecule has 0 unspecified atom stereocenters. The number of carbonyl (C=O) groups excluding carboxylic acids is 1. The van der Waals surface area contributed by atoms with Gasteiger partial charge in [-0.1, -0.05) is 23.4 Å². The van der Waals surface area contributed by atoms with Gasteiger partial charge in [0.25, 0.3) is 5.91 Å². The van der Waals surface area contributed by atoms with E-state index < -0.39 is 0 Å². The molecule has 0 saturated carbocycles. The molecule has 0 fully saturated rings. The zero-order valence-electron chi connectivity index (χ0n) is 16.6. The molecule has 2 aromatic heterocycles. The van der Waals surface area contributed by atoms with Crippen molar-refractivity contribution in [3.05, 3.63) is 95.2 Å². The van der Waals surface area contributed by atoms with E-state index in [4.69, 9.17) is 0 Å². The van der Waals surface area contributed by atoms with Crippen molar-refractivity contribution in [1.29, 1.82) is 0 Å². The molecule has 1 N–H and O–H groups in total. The second-order valence-electron chi connectivity index (χ2n) is 7.02. The first-order valence-corrected chi connectivity index (χ1v) is 9.49. The Hall–Kier alpha value is -3.87. The van der Waals surface area contributed by atoms with Crippen LogP contribution in [0.1, 0.15) is 27.2 Å². The number of amides is 1. The standard InChI is InChI=1S/C23H20FN5O/c1-15-5-10-20(12-16(15)2)29-22(18-4-3-11-25-14-18)21(27-28-29)23(30)26-13-17-6-8-19(24)9-7-17/h3-12,14H,13H2,1-2H3,(H,26,30). The summed E-state index contributed by atoms with van der Waals surface area (Å²) in [6.07, 6.45) is 3.34. The molecule has 0 bridgehead atoms. The van der Waals surface area contributed by atoms with Gasteiger partial charge in [0.15, 0.2) is 5.69 Å². The summed E-state index contributed by atoms with van der Waals surface area (Å²) in [5.41, 5.74) is 5.36. The van der Waals surface area contributed by atoms with E-state index in [1.807, 2.05) is 38.1 Å². The maximum atomic E-state index is 13.1. The van der Waals surface area contributed by atoms with Crippen LogP contribution < -0.4 is 5.32 Å². The SMILES string of the molecule is Cc1ccc(-n2nnc(C(=O)NCc3ccc(F)cc3)c2-c2cccnc2)cc1C. The van der Waals surface area contributed by atoms with Crippen molar-refractivity contribution in [3.8, 4) is 16.9 Å². The normalized spacial score (nSPS) is 10.8. The van der Waals surface area contributed by atoms with Gasteiger partial charge >= 0.3 is 0 Å². The lowest BCUT2D eigenvalue weighted by Crippen LogP contribution is -2.24. The number of rotatable bonds is 5. The number of carbonyl (C=O) groups is 1. The number of pyridine rings is 1. The van der Waals surface area contributed by atoms with Gasteiger partial charge in [-0.05, 0) is 66.9 Å². The monoisotopic (exact) mass is 401 g/mol. The van der Waals surface area contributed by atoms with E-state index in [1.165, 1.54) is 17.7 Å². The predicted octanol–water partition coefficient (Wildman–Crippen LogP) is 4.02. The molecular weight excluding hydrogens is 381 g/mol. The van der Waals surface area contributed by atoms with Gasteiger partial charge in [-0.2, -0.15) is 0 Å². The van der Waals surface area contributed by atoms with Crippen molar-refractivity contribution in [2.75, 3.05) is 0 Å². The minimum Gasteiger partial charge on any atom is -0.346 e. The van der Waals surface area contributed by atoms with Crippen LogP contribution in [0.25, 0.3) is 16.9 Å². The summed E-state index contributed by atoms with van der Waals surface area (Å²) in [6.45, 7) is 4.31. The van der Waals surface area contributed by atoms with Crippen LogP contribution in [0, 0.1) is 19.7 Å². The van der Waals surface area contributed by atoms with E-state index in [1.54, 1.807) is 35.3 Å². The molecule has 0 spiro atoms. The van der Waals surface area contributed by atoms with E-state index >= 15 is 0 Å². The molecule has 150 valence electrons. The van der Waals surface area contributed by atoms with Gasteiger partial charge in [0.05, 0.1) is 5.69 Å². The Kier molecular flexibility index (Phi) is 5.34. The average molecular weight is 401 g/mol. The first-order chi connectivity index (χ1) is 14.5. The summed E-state index contributed by atoms with van der Waals surface area (Å²) in [4.78, 5) is 17.1. The molecule has 0 atom stereocenters. The van der Waals surface area contributed by atoms with Crippen molar-refractivity contribution >= 4 is 5.91 Å². The molecule has 0 saturated heterocycles. The Labute approximate surface area is 173 Å². The quantitative estimate of drug-likeness (QED) is 0.548. The first kappa shape index (κ1) is 19.4. The van der Waals surface area contributed by atoms with Crippen LogP contribution in [0.5, 0.6) is 0 Å². The van der Waals surface area contributed by atoms with Gasteiger partial charge in [-0.25, -0.2) is 9.07 Å². The number of hydrogen-bond acceptors (Lipinski definition) is 4. The van der Waals surface area contributed by atoms with Crippen LogP contribution >= 0.6 is 0 Å². The lowest BCUT2D eigenvalue weighted by atomic mass is 10.1. The molecule has 4 rings (SSSR count). The number of aromatic nitrogens is 4. The van der Waals surface area contributed by atoms with E-state index in [0.29, 0.717) is 5.69 Å². The smallest absolute Gasteiger partial charge is 0.274 e. The third kappa shape index (κ3) is 3.96. The summed E-state index contributed by atoms with van der Waals surface area (Å²) in [7, 11) is 0. The van der Waals surface area contributed by atoms with Crippen LogP contribution in [-0.2, 0) is 6.54 Å².